The number of aromatic nitrogens is 4. The van der Waals surface area contributed by atoms with E-state index in [0.29, 0.717) is 21.5 Å². The van der Waals surface area contributed by atoms with Gasteiger partial charge in [-0.3, -0.25) is 4.79 Å². The molecule has 1 fully saturated rings. The van der Waals surface area contributed by atoms with E-state index in [4.69, 9.17) is 0 Å². The molecule has 31 heavy (non-hydrogen) atoms. The van der Waals surface area contributed by atoms with Gasteiger partial charge in [0.05, 0.1) is 12.7 Å². The first-order chi connectivity index (χ1) is 14.5. The van der Waals surface area contributed by atoms with Crippen LogP contribution < -0.4 is 10.2 Å². The zero-order valence-electron chi connectivity index (χ0n) is 15.6. The SMILES string of the molecule is O=C(NCC(F)(F)F)[C@H]1CC(F)(F)CN1c1nc(-c2c[nH]c3ncccc23)ncc1F. The van der Waals surface area contributed by atoms with E-state index in [1.807, 2.05) is 0 Å². The minimum Gasteiger partial charge on any atom is -0.345 e. The van der Waals surface area contributed by atoms with Crippen LogP contribution in [0.5, 0.6) is 0 Å². The molecule has 1 atom stereocenters. The van der Waals surface area contributed by atoms with Crippen molar-refractivity contribution in [1.82, 2.24) is 25.3 Å². The molecule has 4 rings (SSSR count). The summed E-state index contributed by atoms with van der Waals surface area (Å²) in [5, 5.41) is 2.16. The molecule has 164 valence electrons. The van der Waals surface area contributed by atoms with Crippen LogP contribution in [0, 0.1) is 5.82 Å². The number of nitrogens with one attached hydrogen (secondary N) is 2. The minimum atomic E-state index is -4.72. The number of amides is 1. The number of halogens is 6. The smallest absolute Gasteiger partial charge is 0.345 e. The molecule has 0 unspecified atom stereocenters. The van der Waals surface area contributed by atoms with Crippen molar-refractivity contribution in [1.29, 1.82) is 0 Å². The van der Waals surface area contributed by atoms with Crippen molar-refractivity contribution >= 4 is 22.8 Å². The second kappa shape index (κ2) is 7.39. The van der Waals surface area contributed by atoms with Gasteiger partial charge in [0.2, 0.25) is 5.91 Å². The van der Waals surface area contributed by atoms with E-state index >= 15 is 0 Å². The van der Waals surface area contributed by atoms with E-state index < -0.39 is 55.2 Å². The summed E-state index contributed by atoms with van der Waals surface area (Å²) in [5.41, 5.74) is 0.900. The standard InChI is InChI=1S/C18H14F6N6O/c19-11-6-27-14(10-5-26-13-9(10)2-1-3-25-13)29-15(11)30-8-17(20,21)4-12(30)16(31)28-7-18(22,23)24/h1-3,5-6,12H,4,7-8H2,(H,25,26)(H,28,31)/t12-/m1/s1. The molecular formula is C18H14F6N6O. The predicted molar refractivity (Wildman–Crippen MR) is 96.8 cm³/mol. The first kappa shape index (κ1) is 20.9. The quantitative estimate of drug-likeness (QED) is 0.605. The number of carbonyl (C=O) groups excluding carboxylic acids is 1. The fraction of sp³-hybridized carbons (Fsp3) is 0.333. The van der Waals surface area contributed by atoms with Crippen molar-refractivity contribution in [2.75, 3.05) is 18.0 Å². The van der Waals surface area contributed by atoms with Gasteiger partial charge in [0.15, 0.2) is 17.5 Å². The zero-order chi connectivity index (χ0) is 22.4. The average Bonchev–Trinajstić information content (AvgIpc) is 3.26. The molecule has 0 bridgehead atoms. The van der Waals surface area contributed by atoms with Gasteiger partial charge in [0, 0.05) is 29.8 Å². The van der Waals surface area contributed by atoms with Crippen molar-refractivity contribution < 1.29 is 31.1 Å². The highest BCUT2D eigenvalue weighted by atomic mass is 19.4. The largest absolute Gasteiger partial charge is 0.405 e. The van der Waals surface area contributed by atoms with Gasteiger partial charge in [-0.05, 0) is 12.1 Å². The fourth-order valence-electron chi connectivity index (χ4n) is 3.41. The Balaban J connectivity index is 1.70. The lowest BCUT2D eigenvalue weighted by Gasteiger charge is -2.25. The molecule has 1 saturated heterocycles. The van der Waals surface area contributed by atoms with Crippen LogP contribution in [0.15, 0.2) is 30.7 Å². The number of nitrogens with zero attached hydrogens (tertiary/aromatic N) is 4. The van der Waals surface area contributed by atoms with Gasteiger partial charge in [0.25, 0.3) is 5.92 Å². The van der Waals surface area contributed by atoms with Crippen LogP contribution in [0.3, 0.4) is 0 Å². The Morgan fingerprint density at radius 3 is 2.84 bits per heavy atom. The van der Waals surface area contributed by atoms with Gasteiger partial charge in [-0.2, -0.15) is 13.2 Å². The van der Waals surface area contributed by atoms with Gasteiger partial charge in [0.1, 0.15) is 18.2 Å². The van der Waals surface area contributed by atoms with E-state index in [1.165, 1.54) is 12.4 Å². The lowest BCUT2D eigenvalue weighted by molar-refractivity contribution is -0.139. The number of aromatic amines is 1. The average molecular weight is 444 g/mol. The maximum Gasteiger partial charge on any atom is 0.405 e. The molecule has 0 radical (unpaired) electrons. The molecular weight excluding hydrogens is 430 g/mol. The molecule has 7 nitrogen and oxygen atoms in total. The van der Waals surface area contributed by atoms with E-state index in [0.717, 1.165) is 6.20 Å². The van der Waals surface area contributed by atoms with Crippen molar-refractivity contribution in [3.63, 3.8) is 0 Å². The second-order valence-electron chi connectivity index (χ2n) is 7.00. The topological polar surface area (TPSA) is 86.8 Å². The number of hydrogen-bond acceptors (Lipinski definition) is 5. The molecule has 1 aliphatic rings. The maximum absolute atomic E-state index is 14.5. The van der Waals surface area contributed by atoms with Crippen LogP contribution in [0.2, 0.25) is 0 Å². The van der Waals surface area contributed by atoms with Gasteiger partial charge >= 0.3 is 6.18 Å². The molecule has 4 heterocycles. The Morgan fingerprint density at radius 2 is 2.10 bits per heavy atom. The third-order valence-electron chi connectivity index (χ3n) is 4.73. The van der Waals surface area contributed by atoms with Gasteiger partial charge in [-0.25, -0.2) is 28.1 Å². The number of rotatable bonds is 4. The monoisotopic (exact) mass is 444 g/mol. The summed E-state index contributed by atoms with van der Waals surface area (Å²) in [7, 11) is 0. The molecule has 0 aliphatic carbocycles. The third kappa shape index (κ3) is 4.25. The molecule has 0 aromatic carbocycles. The van der Waals surface area contributed by atoms with E-state index in [9.17, 15) is 31.1 Å². The van der Waals surface area contributed by atoms with Gasteiger partial charge < -0.3 is 15.2 Å². The first-order valence-electron chi connectivity index (χ1n) is 8.98. The summed E-state index contributed by atoms with van der Waals surface area (Å²) >= 11 is 0. The molecule has 3 aromatic heterocycles. The van der Waals surface area contributed by atoms with E-state index in [2.05, 4.69) is 19.9 Å². The fourth-order valence-corrected chi connectivity index (χ4v) is 3.41. The van der Waals surface area contributed by atoms with Crippen molar-refractivity contribution in [3.05, 3.63) is 36.5 Å². The summed E-state index contributed by atoms with van der Waals surface area (Å²) in [6.07, 6.45) is -2.00. The van der Waals surface area contributed by atoms with Gasteiger partial charge in [-0.15, -0.1) is 0 Å². The Labute approximate surface area is 170 Å². The molecule has 13 heteroatoms. The number of pyridine rings is 1. The predicted octanol–water partition coefficient (Wildman–Crippen LogP) is 3.05. The van der Waals surface area contributed by atoms with Crippen LogP contribution in [0.1, 0.15) is 6.42 Å². The Bertz CT molecular complexity index is 1130. The van der Waals surface area contributed by atoms with Crippen molar-refractivity contribution in [3.8, 4) is 11.4 Å². The van der Waals surface area contributed by atoms with E-state index in [1.54, 1.807) is 17.4 Å². The van der Waals surface area contributed by atoms with Crippen LogP contribution >= 0.6 is 0 Å². The molecule has 1 amide bonds. The number of alkyl halides is 5. The number of hydrogen-bond donors (Lipinski definition) is 2. The van der Waals surface area contributed by atoms with Crippen LogP contribution in [0.4, 0.5) is 32.2 Å². The number of H-pyrrole nitrogens is 1. The molecule has 0 saturated carbocycles. The lowest BCUT2D eigenvalue weighted by Crippen LogP contribution is -2.46. The molecule has 3 aromatic rings. The van der Waals surface area contributed by atoms with Crippen molar-refractivity contribution in [2.45, 2.75) is 24.6 Å². The van der Waals surface area contributed by atoms with Crippen LogP contribution in [-0.4, -0.2) is 57.1 Å². The number of anilines is 1. The highest BCUT2D eigenvalue weighted by Gasteiger charge is 2.49. The molecule has 0 spiro atoms. The minimum absolute atomic E-state index is 0.0275. The van der Waals surface area contributed by atoms with E-state index in [-0.39, 0.29) is 5.82 Å². The Morgan fingerprint density at radius 1 is 1.32 bits per heavy atom. The normalized spacial score (nSPS) is 18.5. The second-order valence-corrected chi connectivity index (χ2v) is 7.00. The molecule has 1 aliphatic heterocycles. The summed E-state index contributed by atoms with van der Waals surface area (Å²) in [6, 6.07) is 1.60. The molecule has 2 N–H and O–H groups in total. The zero-order valence-corrected chi connectivity index (χ0v) is 15.6. The van der Waals surface area contributed by atoms with Gasteiger partial charge in [-0.1, -0.05) is 0 Å². The highest BCUT2D eigenvalue weighted by Crippen LogP contribution is 2.37. The lowest BCUT2D eigenvalue weighted by atomic mass is 10.1. The highest BCUT2D eigenvalue weighted by molar-refractivity contribution is 5.91. The summed E-state index contributed by atoms with van der Waals surface area (Å²) < 4.78 is 79.8. The first-order valence-corrected chi connectivity index (χ1v) is 8.98. The maximum atomic E-state index is 14.5. The summed E-state index contributed by atoms with van der Waals surface area (Å²) in [4.78, 5) is 27.7. The Kier molecular flexibility index (Phi) is 4.98. The summed E-state index contributed by atoms with van der Waals surface area (Å²) in [5.74, 6) is -6.45. The van der Waals surface area contributed by atoms with Crippen LogP contribution in [0.25, 0.3) is 22.4 Å². The number of carbonyl (C=O) groups is 1. The van der Waals surface area contributed by atoms with Crippen LogP contribution in [-0.2, 0) is 4.79 Å². The van der Waals surface area contributed by atoms with Crippen molar-refractivity contribution in [2.24, 2.45) is 0 Å². The summed E-state index contributed by atoms with van der Waals surface area (Å²) in [6.45, 7) is -2.78. The Hall–Kier alpha value is -3.38. The number of fused-ring (bicyclic) bond motifs is 1. The third-order valence-corrected chi connectivity index (χ3v) is 4.73.